The van der Waals surface area contributed by atoms with E-state index in [2.05, 4.69) is 40.1 Å². The minimum absolute atomic E-state index is 0.0704. The monoisotopic (exact) mass is 664 g/mol. The van der Waals surface area contributed by atoms with E-state index in [1.807, 2.05) is 48.7 Å². The van der Waals surface area contributed by atoms with Gasteiger partial charge in [0.25, 0.3) is 5.91 Å². The zero-order valence-electron chi connectivity index (χ0n) is 28.0. The summed E-state index contributed by atoms with van der Waals surface area (Å²) in [6.45, 7) is 5.79. The number of rotatable bonds is 8. The van der Waals surface area contributed by atoms with Crippen LogP contribution in [-0.4, -0.2) is 95.3 Å². The first-order valence-corrected chi connectivity index (χ1v) is 17.5. The molecule has 2 amide bonds. The van der Waals surface area contributed by atoms with Crippen molar-refractivity contribution in [3.8, 4) is 0 Å². The molecule has 1 aromatic carbocycles. The van der Waals surface area contributed by atoms with Crippen molar-refractivity contribution in [2.24, 2.45) is 10.9 Å². The molecule has 5 aliphatic rings. The number of carbonyl (C=O) groups excluding carboxylic acids is 2. The molecule has 1 N–H and O–H groups in total. The van der Waals surface area contributed by atoms with Gasteiger partial charge in [-0.1, -0.05) is 13.0 Å². The number of nitrogens with zero attached hydrogens (tertiary/aromatic N) is 5. The van der Waals surface area contributed by atoms with E-state index < -0.39 is 24.9 Å². The number of benzene rings is 1. The second kappa shape index (κ2) is 14.7. The average Bonchev–Trinajstić information content (AvgIpc) is 3.10. The summed E-state index contributed by atoms with van der Waals surface area (Å²) in [7, 11) is 2.17. The summed E-state index contributed by atoms with van der Waals surface area (Å²) in [5.41, 5.74) is 3.53. The summed E-state index contributed by atoms with van der Waals surface area (Å²) in [5, 5.41) is 3.46. The standard InChI is InChI=1S/C37H47F3N6O2/c1-3-30-25-33(42-35-31(7-6-20-45(30)35)26-16-23-44(24-17-26)34(47)13-18-37(38,39)40)41-29-11-9-28(10-12-29)36(48)46-19-5-4-8-32(46)27-14-21-43(2)22-15-27/h6-7,9-12,16,20,25,27,30,32,41H,3-5,8,13-15,17-19,21-24H2,1-2H3. The Morgan fingerprint density at radius 1 is 1.02 bits per heavy atom. The molecule has 2 unspecified atom stereocenters. The lowest BCUT2D eigenvalue weighted by molar-refractivity contribution is -0.148. The fraction of sp³-hybridized carbons (Fsp3) is 0.541. The van der Waals surface area contributed by atoms with Gasteiger partial charge in [-0.05, 0) is 119 Å². The van der Waals surface area contributed by atoms with Gasteiger partial charge in [0.05, 0.1) is 12.5 Å². The maximum atomic E-state index is 13.7. The molecule has 8 nitrogen and oxygen atoms in total. The summed E-state index contributed by atoms with van der Waals surface area (Å²) < 4.78 is 37.9. The van der Waals surface area contributed by atoms with Gasteiger partial charge in [0, 0.05) is 55.1 Å². The number of anilines is 1. The van der Waals surface area contributed by atoms with Crippen molar-refractivity contribution in [1.29, 1.82) is 0 Å². The third-order valence-corrected chi connectivity index (χ3v) is 10.4. The summed E-state index contributed by atoms with van der Waals surface area (Å²) >= 11 is 0. The van der Waals surface area contributed by atoms with Gasteiger partial charge < -0.3 is 24.9 Å². The van der Waals surface area contributed by atoms with E-state index >= 15 is 0 Å². The number of aliphatic imine (C=N–C) groups is 1. The van der Waals surface area contributed by atoms with Crippen LogP contribution >= 0.6 is 0 Å². The first-order valence-electron chi connectivity index (χ1n) is 17.5. The van der Waals surface area contributed by atoms with Gasteiger partial charge in [0.15, 0.2) is 0 Å². The Kier molecular flexibility index (Phi) is 10.4. The van der Waals surface area contributed by atoms with Gasteiger partial charge in [-0.3, -0.25) is 9.59 Å². The number of alkyl halides is 3. The number of fused-ring (bicyclic) bond motifs is 1. The molecular weight excluding hydrogens is 617 g/mol. The van der Waals surface area contributed by atoms with E-state index in [1.165, 1.54) is 11.3 Å². The zero-order valence-corrected chi connectivity index (χ0v) is 28.0. The van der Waals surface area contributed by atoms with Gasteiger partial charge in [-0.25, -0.2) is 4.99 Å². The number of hydrogen-bond donors (Lipinski definition) is 1. The molecule has 0 spiro atoms. The quantitative estimate of drug-likeness (QED) is 0.334. The van der Waals surface area contributed by atoms with Crippen molar-refractivity contribution in [1.82, 2.24) is 19.6 Å². The lowest BCUT2D eigenvalue weighted by atomic mass is 9.83. The average molecular weight is 665 g/mol. The van der Waals surface area contributed by atoms with Gasteiger partial charge in [-0.2, -0.15) is 13.2 Å². The third-order valence-electron chi connectivity index (χ3n) is 10.4. The van der Waals surface area contributed by atoms with Gasteiger partial charge in [0.2, 0.25) is 5.91 Å². The number of likely N-dealkylation sites (tertiary alicyclic amines) is 2. The minimum Gasteiger partial charge on any atom is -0.340 e. The van der Waals surface area contributed by atoms with E-state index in [0.29, 0.717) is 36.3 Å². The fourth-order valence-corrected chi connectivity index (χ4v) is 7.62. The molecule has 2 atom stereocenters. The SMILES string of the molecule is CCC1C=C(Nc2ccc(C(=O)N3CCCCC3C3CCN(C)CC3)cc2)N=C2C(C3=CCN(C(=O)CCC(F)(F)F)CC3)=CC=CN21. The van der Waals surface area contributed by atoms with Gasteiger partial charge in [0.1, 0.15) is 11.7 Å². The first kappa shape index (κ1) is 34.0. The number of piperidine rings is 2. The minimum atomic E-state index is -4.34. The number of nitrogens with one attached hydrogen (secondary N) is 1. The Balaban J connectivity index is 1.13. The third kappa shape index (κ3) is 7.88. The van der Waals surface area contributed by atoms with Gasteiger partial charge >= 0.3 is 6.18 Å². The lowest BCUT2D eigenvalue weighted by Gasteiger charge is -2.43. The topological polar surface area (TPSA) is 71.5 Å². The van der Waals surface area contributed by atoms with Crippen LogP contribution in [-0.2, 0) is 4.79 Å². The van der Waals surface area contributed by atoms with Crippen molar-refractivity contribution in [3.63, 3.8) is 0 Å². The van der Waals surface area contributed by atoms with Crippen molar-refractivity contribution in [2.45, 2.75) is 83.0 Å². The molecule has 11 heteroatoms. The largest absolute Gasteiger partial charge is 0.389 e. The molecule has 5 heterocycles. The molecule has 6 rings (SSSR count). The van der Waals surface area contributed by atoms with E-state index in [4.69, 9.17) is 4.99 Å². The molecule has 258 valence electrons. The molecule has 2 fully saturated rings. The number of amidine groups is 1. The van der Waals surface area contributed by atoms with Crippen LogP contribution in [0.25, 0.3) is 0 Å². The molecule has 5 aliphatic heterocycles. The number of halogens is 3. The van der Waals surface area contributed by atoms with Crippen molar-refractivity contribution in [3.05, 3.63) is 77.3 Å². The van der Waals surface area contributed by atoms with Crippen molar-refractivity contribution < 1.29 is 22.8 Å². The Morgan fingerprint density at radius 3 is 2.48 bits per heavy atom. The first-order chi connectivity index (χ1) is 23.1. The van der Waals surface area contributed by atoms with Crippen LogP contribution in [0.4, 0.5) is 18.9 Å². The van der Waals surface area contributed by atoms with Crippen molar-refractivity contribution in [2.75, 3.05) is 45.1 Å². The molecule has 0 saturated carbocycles. The number of allylic oxidation sites excluding steroid dienone is 2. The van der Waals surface area contributed by atoms with Gasteiger partial charge in [-0.15, -0.1) is 0 Å². The molecule has 48 heavy (non-hydrogen) atoms. The maximum absolute atomic E-state index is 13.7. The van der Waals surface area contributed by atoms with E-state index in [1.54, 1.807) is 0 Å². The Labute approximate surface area is 281 Å². The molecule has 1 aromatic rings. The highest BCUT2D eigenvalue weighted by Crippen LogP contribution is 2.33. The lowest BCUT2D eigenvalue weighted by Crippen LogP contribution is -2.50. The van der Waals surface area contributed by atoms with E-state index in [0.717, 1.165) is 74.4 Å². The number of amides is 2. The highest BCUT2D eigenvalue weighted by atomic mass is 19.4. The molecule has 0 aliphatic carbocycles. The van der Waals surface area contributed by atoms with Crippen LogP contribution in [0, 0.1) is 5.92 Å². The molecule has 0 bridgehead atoms. The Hall–Kier alpha value is -3.86. The second-order valence-corrected chi connectivity index (χ2v) is 13.6. The molecule has 0 aromatic heterocycles. The predicted molar refractivity (Wildman–Crippen MR) is 182 cm³/mol. The second-order valence-electron chi connectivity index (χ2n) is 13.6. The van der Waals surface area contributed by atoms with Crippen molar-refractivity contribution >= 4 is 23.3 Å². The zero-order chi connectivity index (χ0) is 33.8. The highest BCUT2D eigenvalue weighted by molar-refractivity contribution is 6.05. The van der Waals surface area contributed by atoms with E-state index in [9.17, 15) is 22.8 Å². The van der Waals surface area contributed by atoms with Crippen LogP contribution in [0.2, 0.25) is 0 Å². The van der Waals surface area contributed by atoms with Crippen LogP contribution in [0.15, 0.2) is 76.7 Å². The van der Waals surface area contributed by atoms with Crippen LogP contribution in [0.3, 0.4) is 0 Å². The van der Waals surface area contributed by atoms with Crippen LogP contribution in [0.5, 0.6) is 0 Å². The van der Waals surface area contributed by atoms with Crippen LogP contribution < -0.4 is 5.32 Å². The Morgan fingerprint density at radius 2 is 1.79 bits per heavy atom. The molecule has 0 radical (unpaired) electrons. The smallest absolute Gasteiger partial charge is 0.340 e. The van der Waals surface area contributed by atoms with E-state index in [-0.39, 0.29) is 18.5 Å². The highest BCUT2D eigenvalue weighted by Gasteiger charge is 2.35. The molecular formula is C37H47F3N6O2. The summed E-state index contributed by atoms with van der Waals surface area (Å²) in [5.74, 6) is 1.73. The van der Waals surface area contributed by atoms with Crippen LogP contribution in [0.1, 0.15) is 75.1 Å². The maximum Gasteiger partial charge on any atom is 0.389 e. The molecule has 2 saturated heterocycles. The predicted octanol–water partition coefficient (Wildman–Crippen LogP) is 6.72. The number of hydrogen-bond acceptors (Lipinski definition) is 6. The number of carbonyl (C=O) groups is 2. The summed E-state index contributed by atoms with van der Waals surface area (Å²) in [6.07, 6.45) is 11.1. The summed E-state index contributed by atoms with van der Waals surface area (Å²) in [6, 6.07) is 8.10. The summed E-state index contributed by atoms with van der Waals surface area (Å²) in [4.78, 5) is 39.3. The normalized spacial score (nSPS) is 24.0. The Bertz CT molecular complexity index is 1500. The fourth-order valence-electron chi connectivity index (χ4n) is 7.62.